The number of aldehydes is 1. The van der Waals surface area contributed by atoms with Gasteiger partial charge < -0.3 is 26.5 Å². The Morgan fingerprint density at radius 3 is 2.30 bits per heavy atom. The van der Waals surface area contributed by atoms with Crippen LogP contribution in [-0.4, -0.2) is 41.3 Å². The molecule has 5 nitrogen and oxygen atoms in total. The van der Waals surface area contributed by atoms with E-state index >= 15 is 0 Å². The molecule has 0 rings (SSSR count). The molecule has 0 bridgehead atoms. The third kappa shape index (κ3) is 2.40. The molecule has 0 aliphatic heterocycles. The number of carbonyl (C=O) groups excluding carboxylic acids is 1. The maximum atomic E-state index is 9.88. The number of nitrogens with two attached hydrogens (primary N) is 2. The van der Waals surface area contributed by atoms with Gasteiger partial charge in [-0.3, -0.25) is 0 Å². The summed E-state index contributed by atoms with van der Waals surface area (Å²) in [6, 6.07) is -0.984. The minimum atomic E-state index is -1.33. The summed E-state index contributed by atoms with van der Waals surface area (Å²) in [5.74, 6) is 0. The van der Waals surface area contributed by atoms with Gasteiger partial charge in [0.15, 0.2) is 0 Å². The third-order valence-corrected chi connectivity index (χ3v) is 1.22. The Labute approximate surface area is 58.6 Å². The predicted molar refractivity (Wildman–Crippen MR) is 35.1 cm³/mol. The average Bonchev–Trinajstić information content (AvgIpc) is 2.00. The van der Waals surface area contributed by atoms with E-state index in [2.05, 4.69) is 0 Å². The highest BCUT2D eigenvalue weighted by molar-refractivity contribution is 5.57. The highest BCUT2D eigenvalue weighted by atomic mass is 16.3. The van der Waals surface area contributed by atoms with Crippen molar-refractivity contribution in [2.24, 2.45) is 11.5 Å². The zero-order chi connectivity index (χ0) is 8.15. The Kier molecular flexibility index (Phi) is 4.13. The van der Waals surface area contributed by atoms with Crippen molar-refractivity contribution in [1.29, 1.82) is 0 Å². The fraction of sp³-hybridized carbons (Fsp3) is 0.800. The van der Waals surface area contributed by atoms with Gasteiger partial charge in [-0.2, -0.15) is 0 Å². The van der Waals surface area contributed by atoms with Gasteiger partial charge >= 0.3 is 0 Å². The van der Waals surface area contributed by atoms with Gasteiger partial charge in [-0.05, 0) is 0 Å². The number of aliphatic hydroxyl groups is 2. The molecule has 0 saturated carbocycles. The van der Waals surface area contributed by atoms with Gasteiger partial charge in [0.1, 0.15) is 12.4 Å². The molecule has 0 aromatic rings. The highest BCUT2D eigenvalue weighted by Crippen LogP contribution is 1.92. The van der Waals surface area contributed by atoms with E-state index in [0.29, 0.717) is 0 Å². The molecular weight excluding hydrogens is 136 g/mol. The normalized spacial score (nSPS) is 19.6. The van der Waals surface area contributed by atoms with Crippen molar-refractivity contribution >= 4 is 6.29 Å². The molecule has 3 atom stereocenters. The van der Waals surface area contributed by atoms with Crippen LogP contribution in [0.25, 0.3) is 0 Å². The standard InChI is InChI=1S/C5H12N2O3/c6-1-3(9)5(7)4(10)2-8/h2-5,9-10H,1,6-7H2/t3-,4-,5-/m1/s1. The van der Waals surface area contributed by atoms with E-state index < -0.39 is 18.2 Å². The summed E-state index contributed by atoms with van der Waals surface area (Å²) in [6.45, 7) is -0.0634. The fourth-order valence-corrected chi connectivity index (χ4v) is 0.475. The summed E-state index contributed by atoms with van der Waals surface area (Å²) < 4.78 is 0. The van der Waals surface area contributed by atoms with Crippen LogP contribution in [0, 0.1) is 0 Å². The predicted octanol–water partition coefficient (Wildman–Crippen LogP) is -2.81. The summed E-state index contributed by atoms with van der Waals surface area (Å²) in [4.78, 5) is 9.88. The second-order valence-electron chi connectivity index (χ2n) is 2.01. The van der Waals surface area contributed by atoms with Crippen LogP contribution in [-0.2, 0) is 4.79 Å². The van der Waals surface area contributed by atoms with Crippen molar-refractivity contribution in [3.8, 4) is 0 Å². The molecule has 0 unspecified atom stereocenters. The lowest BCUT2D eigenvalue weighted by Crippen LogP contribution is -2.48. The summed E-state index contributed by atoms with van der Waals surface area (Å²) >= 11 is 0. The number of carbonyl (C=O) groups is 1. The van der Waals surface area contributed by atoms with Crippen LogP contribution in [0.3, 0.4) is 0 Å². The first kappa shape index (κ1) is 9.51. The Hall–Kier alpha value is -0.490. The minimum absolute atomic E-state index is 0.0634. The molecule has 0 amide bonds. The first-order valence-corrected chi connectivity index (χ1v) is 2.90. The van der Waals surface area contributed by atoms with E-state index in [1.165, 1.54) is 0 Å². The van der Waals surface area contributed by atoms with Crippen molar-refractivity contribution in [1.82, 2.24) is 0 Å². The third-order valence-electron chi connectivity index (χ3n) is 1.22. The van der Waals surface area contributed by atoms with Gasteiger partial charge in [0, 0.05) is 6.54 Å². The summed E-state index contributed by atoms with van der Waals surface area (Å²) in [5, 5.41) is 17.6. The van der Waals surface area contributed by atoms with Gasteiger partial charge in [0.2, 0.25) is 0 Å². The van der Waals surface area contributed by atoms with E-state index in [9.17, 15) is 4.79 Å². The molecule has 0 aromatic carbocycles. The van der Waals surface area contributed by atoms with Crippen LogP contribution >= 0.6 is 0 Å². The molecule has 0 heterocycles. The molecule has 0 aliphatic rings. The van der Waals surface area contributed by atoms with Crippen LogP contribution in [0.1, 0.15) is 0 Å². The van der Waals surface area contributed by atoms with Crippen LogP contribution in [0.4, 0.5) is 0 Å². The Morgan fingerprint density at radius 2 is 2.00 bits per heavy atom. The number of aliphatic hydroxyl groups excluding tert-OH is 2. The molecular formula is C5H12N2O3. The summed E-state index contributed by atoms with van der Waals surface area (Å²) in [6.07, 6.45) is -2.09. The van der Waals surface area contributed by atoms with Crippen LogP contribution < -0.4 is 11.5 Å². The van der Waals surface area contributed by atoms with E-state index in [-0.39, 0.29) is 12.8 Å². The quantitative estimate of drug-likeness (QED) is 0.322. The van der Waals surface area contributed by atoms with Gasteiger partial charge in [0.05, 0.1) is 12.1 Å². The highest BCUT2D eigenvalue weighted by Gasteiger charge is 2.20. The largest absolute Gasteiger partial charge is 0.390 e. The van der Waals surface area contributed by atoms with E-state index in [1.807, 2.05) is 0 Å². The van der Waals surface area contributed by atoms with Gasteiger partial charge in [-0.1, -0.05) is 0 Å². The second-order valence-corrected chi connectivity index (χ2v) is 2.01. The lowest BCUT2D eigenvalue weighted by Gasteiger charge is -2.18. The summed E-state index contributed by atoms with van der Waals surface area (Å²) in [7, 11) is 0. The fourth-order valence-electron chi connectivity index (χ4n) is 0.475. The summed E-state index contributed by atoms with van der Waals surface area (Å²) in [5.41, 5.74) is 10.2. The molecule has 10 heavy (non-hydrogen) atoms. The second kappa shape index (κ2) is 4.35. The van der Waals surface area contributed by atoms with E-state index in [1.54, 1.807) is 0 Å². The topological polar surface area (TPSA) is 110 Å². The zero-order valence-electron chi connectivity index (χ0n) is 5.47. The minimum Gasteiger partial charge on any atom is -0.390 e. The molecule has 6 N–H and O–H groups in total. The maximum absolute atomic E-state index is 9.88. The van der Waals surface area contributed by atoms with Gasteiger partial charge in [-0.25, -0.2) is 0 Å². The Bertz CT molecular complexity index is 109. The molecule has 60 valence electrons. The first-order valence-electron chi connectivity index (χ1n) is 2.90. The number of rotatable bonds is 4. The monoisotopic (exact) mass is 148 g/mol. The van der Waals surface area contributed by atoms with E-state index in [4.69, 9.17) is 21.7 Å². The molecule has 5 heteroatoms. The maximum Gasteiger partial charge on any atom is 0.150 e. The molecule has 0 saturated heterocycles. The Morgan fingerprint density at radius 1 is 1.50 bits per heavy atom. The van der Waals surface area contributed by atoms with Crippen LogP contribution in [0.5, 0.6) is 0 Å². The lowest BCUT2D eigenvalue weighted by atomic mass is 10.1. The molecule has 0 spiro atoms. The van der Waals surface area contributed by atoms with Crippen molar-refractivity contribution < 1.29 is 15.0 Å². The average molecular weight is 148 g/mol. The van der Waals surface area contributed by atoms with Crippen molar-refractivity contribution in [3.63, 3.8) is 0 Å². The van der Waals surface area contributed by atoms with Gasteiger partial charge in [-0.15, -0.1) is 0 Å². The number of hydrogen-bond acceptors (Lipinski definition) is 5. The SMILES string of the molecule is NC[C@@H](O)[C@@H](N)[C@H](O)C=O. The van der Waals surface area contributed by atoms with Gasteiger partial charge in [0.25, 0.3) is 0 Å². The molecule has 0 aromatic heterocycles. The first-order chi connectivity index (χ1) is 4.63. The lowest BCUT2D eigenvalue weighted by molar-refractivity contribution is -0.117. The smallest absolute Gasteiger partial charge is 0.150 e. The van der Waals surface area contributed by atoms with Crippen molar-refractivity contribution in [3.05, 3.63) is 0 Å². The molecule has 0 aliphatic carbocycles. The number of hydrogen-bond donors (Lipinski definition) is 4. The van der Waals surface area contributed by atoms with Crippen molar-refractivity contribution in [2.45, 2.75) is 18.2 Å². The zero-order valence-corrected chi connectivity index (χ0v) is 5.47. The molecule has 0 fully saturated rings. The van der Waals surface area contributed by atoms with E-state index in [0.717, 1.165) is 0 Å². The van der Waals surface area contributed by atoms with Crippen LogP contribution in [0.15, 0.2) is 0 Å². The van der Waals surface area contributed by atoms with Crippen LogP contribution in [0.2, 0.25) is 0 Å². The van der Waals surface area contributed by atoms with Crippen molar-refractivity contribution in [2.75, 3.05) is 6.54 Å². The molecule has 0 radical (unpaired) electrons. The Balaban J connectivity index is 3.80.